The predicted molar refractivity (Wildman–Crippen MR) is 87.6 cm³/mol. The maximum atomic E-state index is 12.7. The van der Waals surface area contributed by atoms with Gasteiger partial charge in [0.15, 0.2) is 0 Å². The molecule has 2 atom stereocenters. The van der Waals surface area contributed by atoms with Crippen LogP contribution in [0.3, 0.4) is 0 Å². The van der Waals surface area contributed by atoms with Crippen LogP contribution in [-0.2, 0) is 10.0 Å². The number of nitrogens with two attached hydrogens (primary N) is 1. The van der Waals surface area contributed by atoms with E-state index in [1.165, 1.54) is 18.6 Å². The van der Waals surface area contributed by atoms with E-state index in [0.29, 0.717) is 11.6 Å². The van der Waals surface area contributed by atoms with Crippen LogP contribution < -0.4 is 10.5 Å². The van der Waals surface area contributed by atoms with Crippen molar-refractivity contribution in [3.63, 3.8) is 0 Å². The van der Waals surface area contributed by atoms with E-state index in [4.69, 9.17) is 5.73 Å². The molecule has 23 heavy (non-hydrogen) atoms. The minimum Gasteiger partial charge on any atom is -0.366 e. The van der Waals surface area contributed by atoms with Gasteiger partial charge in [-0.15, -0.1) is 0 Å². The van der Waals surface area contributed by atoms with Crippen molar-refractivity contribution in [3.05, 3.63) is 29.3 Å². The van der Waals surface area contributed by atoms with Crippen molar-refractivity contribution in [2.45, 2.75) is 49.6 Å². The molecule has 1 aromatic carbocycles. The van der Waals surface area contributed by atoms with E-state index in [2.05, 4.69) is 9.62 Å². The highest BCUT2D eigenvalue weighted by Gasteiger charge is 2.37. The Morgan fingerprint density at radius 3 is 2.78 bits per heavy atom. The number of nitrogens with one attached hydrogen (secondary N) is 1. The molecule has 2 aliphatic rings. The largest absolute Gasteiger partial charge is 0.366 e. The van der Waals surface area contributed by atoms with Crippen LogP contribution in [0.5, 0.6) is 0 Å². The molecule has 126 valence electrons. The molecule has 2 heterocycles. The van der Waals surface area contributed by atoms with E-state index < -0.39 is 15.9 Å². The van der Waals surface area contributed by atoms with Gasteiger partial charge in [0.25, 0.3) is 0 Å². The zero-order valence-corrected chi connectivity index (χ0v) is 14.1. The molecule has 6 nitrogen and oxygen atoms in total. The van der Waals surface area contributed by atoms with E-state index >= 15 is 0 Å². The zero-order chi connectivity index (χ0) is 16.6. The average Bonchev–Trinajstić information content (AvgIpc) is 2.90. The van der Waals surface area contributed by atoms with Gasteiger partial charge >= 0.3 is 0 Å². The van der Waals surface area contributed by atoms with Gasteiger partial charge in [0.2, 0.25) is 15.9 Å². The predicted octanol–water partition coefficient (Wildman–Crippen LogP) is 0.999. The lowest BCUT2D eigenvalue weighted by Crippen LogP contribution is -2.46. The summed E-state index contributed by atoms with van der Waals surface area (Å²) in [5.41, 5.74) is 6.24. The number of primary amides is 1. The number of piperidine rings is 1. The number of rotatable bonds is 4. The van der Waals surface area contributed by atoms with Gasteiger partial charge in [-0.3, -0.25) is 9.69 Å². The lowest BCUT2D eigenvalue weighted by molar-refractivity contribution is 0.0999. The van der Waals surface area contributed by atoms with Crippen molar-refractivity contribution in [2.75, 3.05) is 13.1 Å². The van der Waals surface area contributed by atoms with Crippen LogP contribution in [0, 0.1) is 6.92 Å². The lowest BCUT2D eigenvalue weighted by Gasteiger charge is -2.32. The van der Waals surface area contributed by atoms with Gasteiger partial charge in [-0.25, -0.2) is 13.1 Å². The summed E-state index contributed by atoms with van der Waals surface area (Å²) in [6.07, 6.45) is 4.21. The molecule has 0 radical (unpaired) electrons. The molecule has 3 rings (SSSR count). The maximum Gasteiger partial charge on any atom is 0.249 e. The van der Waals surface area contributed by atoms with Crippen LogP contribution in [0.25, 0.3) is 0 Å². The summed E-state index contributed by atoms with van der Waals surface area (Å²) in [6.45, 7) is 3.73. The maximum absolute atomic E-state index is 12.7. The SMILES string of the molecule is Cc1ccc(S(=O)(=O)N[C@@H]2CCN3CCCC[C@@H]23)cc1C(N)=O. The van der Waals surface area contributed by atoms with E-state index in [1.54, 1.807) is 13.0 Å². The number of benzene rings is 1. The monoisotopic (exact) mass is 337 g/mol. The third-order valence-corrected chi connectivity index (χ3v) is 6.43. The molecule has 0 bridgehead atoms. The molecule has 2 fully saturated rings. The second-order valence-corrected chi connectivity index (χ2v) is 8.17. The lowest BCUT2D eigenvalue weighted by atomic mass is 10.00. The first-order valence-corrected chi connectivity index (χ1v) is 9.53. The molecular weight excluding hydrogens is 314 g/mol. The fourth-order valence-corrected chi connectivity index (χ4v) is 5.02. The Bertz CT molecular complexity index is 717. The Kier molecular flexibility index (Phi) is 4.44. The van der Waals surface area contributed by atoms with Crippen LogP contribution in [0.1, 0.15) is 41.6 Å². The number of hydrogen-bond donors (Lipinski definition) is 2. The van der Waals surface area contributed by atoms with Crippen LogP contribution in [-0.4, -0.2) is 44.4 Å². The van der Waals surface area contributed by atoms with Crippen LogP contribution in [0.4, 0.5) is 0 Å². The van der Waals surface area contributed by atoms with E-state index in [-0.39, 0.29) is 16.5 Å². The van der Waals surface area contributed by atoms with Crippen molar-refractivity contribution in [1.82, 2.24) is 9.62 Å². The second-order valence-electron chi connectivity index (χ2n) is 6.46. The third-order valence-electron chi connectivity index (χ3n) is 4.95. The number of amides is 1. The smallest absolute Gasteiger partial charge is 0.249 e. The summed E-state index contributed by atoms with van der Waals surface area (Å²) in [5, 5.41) is 0. The summed E-state index contributed by atoms with van der Waals surface area (Å²) in [4.78, 5) is 13.9. The van der Waals surface area contributed by atoms with Gasteiger partial charge < -0.3 is 5.73 Å². The minimum absolute atomic E-state index is 0.0568. The Labute approximate surface area is 137 Å². The number of carbonyl (C=O) groups excluding carboxylic acids is 1. The van der Waals surface area contributed by atoms with Crippen LogP contribution in [0.15, 0.2) is 23.1 Å². The molecular formula is C16H23N3O3S. The zero-order valence-electron chi connectivity index (χ0n) is 13.3. The summed E-state index contributed by atoms with van der Waals surface area (Å²) >= 11 is 0. The quantitative estimate of drug-likeness (QED) is 0.857. The molecule has 7 heteroatoms. The molecule has 0 saturated carbocycles. The van der Waals surface area contributed by atoms with Crippen molar-refractivity contribution in [2.24, 2.45) is 5.73 Å². The van der Waals surface area contributed by atoms with Gasteiger partial charge in [0, 0.05) is 24.2 Å². The molecule has 0 aliphatic carbocycles. The fraction of sp³-hybridized carbons (Fsp3) is 0.562. The third kappa shape index (κ3) is 3.27. The van der Waals surface area contributed by atoms with Gasteiger partial charge in [0.1, 0.15) is 0 Å². The number of nitrogens with zero attached hydrogens (tertiary/aromatic N) is 1. The normalized spacial score (nSPS) is 25.3. The highest BCUT2D eigenvalue weighted by Crippen LogP contribution is 2.28. The average molecular weight is 337 g/mol. The number of aryl methyl sites for hydroxylation is 1. The highest BCUT2D eigenvalue weighted by atomic mass is 32.2. The van der Waals surface area contributed by atoms with Gasteiger partial charge in [0.05, 0.1) is 4.90 Å². The Morgan fingerprint density at radius 2 is 2.04 bits per heavy atom. The number of hydrogen-bond acceptors (Lipinski definition) is 4. The van der Waals surface area contributed by atoms with Gasteiger partial charge in [-0.05, 0) is 50.4 Å². The first kappa shape index (κ1) is 16.4. The molecule has 2 aliphatic heterocycles. The van der Waals surface area contributed by atoms with E-state index in [9.17, 15) is 13.2 Å². The van der Waals surface area contributed by atoms with Crippen molar-refractivity contribution in [1.29, 1.82) is 0 Å². The molecule has 2 saturated heterocycles. The first-order valence-electron chi connectivity index (χ1n) is 8.05. The molecule has 1 amide bonds. The van der Waals surface area contributed by atoms with E-state index in [0.717, 1.165) is 32.4 Å². The molecule has 0 aromatic heterocycles. The van der Waals surface area contributed by atoms with Crippen LogP contribution >= 0.6 is 0 Å². The summed E-state index contributed by atoms with van der Waals surface area (Å²) < 4.78 is 28.2. The number of fused-ring (bicyclic) bond motifs is 1. The summed E-state index contributed by atoms with van der Waals surface area (Å²) in [5.74, 6) is -0.612. The van der Waals surface area contributed by atoms with Crippen molar-refractivity contribution >= 4 is 15.9 Å². The van der Waals surface area contributed by atoms with Crippen molar-refractivity contribution in [3.8, 4) is 0 Å². The molecule has 1 aromatic rings. The number of carbonyl (C=O) groups is 1. The minimum atomic E-state index is -3.65. The van der Waals surface area contributed by atoms with Crippen LogP contribution in [0.2, 0.25) is 0 Å². The van der Waals surface area contributed by atoms with E-state index in [1.807, 2.05) is 0 Å². The van der Waals surface area contributed by atoms with Crippen molar-refractivity contribution < 1.29 is 13.2 Å². The topological polar surface area (TPSA) is 92.5 Å². The Hall–Kier alpha value is -1.44. The molecule has 0 unspecified atom stereocenters. The van der Waals surface area contributed by atoms with Gasteiger partial charge in [-0.2, -0.15) is 0 Å². The second kappa shape index (κ2) is 6.22. The standard InChI is InChI=1S/C16H23N3O3S/c1-11-5-6-12(10-13(11)16(17)20)23(21,22)18-14-7-9-19-8-3-2-4-15(14)19/h5-6,10,14-15,18H,2-4,7-9H2,1H3,(H2,17,20)/t14-,15+/m1/s1. The first-order chi connectivity index (χ1) is 10.9. The summed E-state index contributed by atoms with van der Waals surface area (Å²) in [6, 6.07) is 4.75. The fourth-order valence-electron chi connectivity index (χ4n) is 3.69. The Morgan fingerprint density at radius 1 is 1.26 bits per heavy atom. The molecule has 3 N–H and O–H groups in total. The summed E-state index contributed by atoms with van der Waals surface area (Å²) in [7, 11) is -3.65. The molecule has 0 spiro atoms. The van der Waals surface area contributed by atoms with Gasteiger partial charge in [-0.1, -0.05) is 12.5 Å². The Balaban J connectivity index is 1.82. The highest BCUT2D eigenvalue weighted by molar-refractivity contribution is 7.89. The number of sulfonamides is 1.